The van der Waals surface area contributed by atoms with Crippen LogP contribution in [0.2, 0.25) is 0 Å². The quantitative estimate of drug-likeness (QED) is 0.0553. The fourth-order valence-electron chi connectivity index (χ4n) is 6.14. The smallest absolute Gasteiger partial charge is 0.311 e. The van der Waals surface area contributed by atoms with Crippen molar-refractivity contribution in [2.24, 2.45) is 10.8 Å². The van der Waals surface area contributed by atoms with Crippen LogP contribution < -0.4 is 0 Å². The van der Waals surface area contributed by atoms with Gasteiger partial charge in [-0.3, -0.25) is 9.59 Å². The summed E-state index contributed by atoms with van der Waals surface area (Å²) in [5.74, 6) is -0.135. The molecule has 0 atom stereocenters. The molecule has 0 fully saturated rings. The summed E-state index contributed by atoms with van der Waals surface area (Å²) in [6.07, 6.45) is 31.8. The van der Waals surface area contributed by atoms with Gasteiger partial charge in [0.1, 0.15) is 0 Å². The Morgan fingerprint density at radius 3 is 1.07 bits per heavy atom. The number of ether oxygens (including phenoxy) is 2. The molecule has 0 aromatic carbocycles. The molecule has 0 amide bonds. The van der Waals surface area contributed by atoms with Crippen LogP contribution in [0.5, 0.6) is 0 Å². The normalized spacial score (nSPS) is 12.2. The predicted molar refractivity (Wildman–Crippen MR) is 196 cm³/mol. The third-order valence-electron chi connectivity index (χ3n) is 9.75. The van der Waals surface area contributed by atoms with E-state index < -0.39 is 10.8 Å². The van der Waals surface area contributed by atoms with Crippen LogP contribution in [0.3, 0.4) is 0 Å². The number of rotatable bonds is 34. The Hall–Kier alpha value is -1.10. The molecule has 0 saturated heterocycles. The lowest BCUT2D eigenvalue weighted by molar-refractivity contribution is -0.155. The van der Waals surface area contributed by atoms with Gasteiger partial charge >= 0.3 is 11.9 Å². The van der Waals surface area contributed by atoms with Gasteiger partial charge in [0.05, 0.1) is 30.1 Å². The summed E-state index contributed by atoms with van der Waals surface area (Å²) >= 11 is 0. The molecule has 0 aliphatic rings. The second kappa shape index (κ2) is 30.0. The Bertz CT molecular complexity index is 643. The van der Waals surface area contributed by atoms with Crippen molar-refractivity contribution in [3.05, 3.63) is 0 Å². The zero-order valence-corrected chi connectivity index (χ0v) is 31.9. The molecule has 0 aliphatic carbocycles. The molecule has 0 heterocycles. The van der Waals surface area contributed by atoms with Gasteiger partial charge in [0.25, 0.3) is 0 Å². The van der Waals surface area contributed by atoms with Crippen molar-refractivity contribution in [2.75, 3.05) is 13.2 Å². The Kier molecular flexibility index (Phi) is 29.3. The van der Waals surface area contributed by atoms with Crippen LogP contribution in [-0.4, -0.2) is 36.4 Å². The number of unbranched alkanes of at least 4 members (excludes halogenated alkanes) is 20. The van der Waals surface area contributed by atoms with Crippen molar-refractivity contribution < 1.29 is 24.2 Å². The third-order valence-corrected chi connectivity index (χ3v) is 9.75. The number of carbonyl (C=O) groups is 2. The van der Waals surface area contributed by atoms with Crippen molar-refractivity contribution in [1.82, 2.24) is 0 Å². The zero-order chi connectivity index (χ0) is 34.4. The minimum absolute atomic E-state index is 0.0673. The summed E-state index contributed by atoms with van der Waals surface area (Å²) in [6, 6.07) is 0. The van der Waals surface area contributed by atoms with Crippen LogP contribution in [0.4, 0.5) is 0 Å². The largest absolute Gasteiger partial charge is 0.465 e. The van der Waals surface area contributed by atoms with E-state index in [0.29, 0.717) is 13.2 Å². The molecular weight excluding hydrogens is 572 g/mol. The van der Waals surface area contributed by atoms with E-state index in [2.05, 4.69) is 13.8 Å². The standard InChI is InChI=1S/C41H80O5/c1-7-9-11-13-15-17-19-21-29-35-45-38(43)40(3,4)33-27-23-25-31-37(42)32-26-24-28-34-41(5,6)39(44)46-36-30-22-20-18-16-14-12-10-8-2/h37,42H,7-36H2,1-6H3. The van der Waals surface area contributed by atoms with E-state index >= 15 is 0 Å². The van der Waals surface area contributed by atoms with Crippen LogP contribution in [0.1, 0.15) is 221 Å². The molecule has 0 rings (SSSR count). The van der Waals surface area contributed by atoms with E-state index in [1.165, 1.54) is 89.9 Å². The minimum atomic E-state index is -0.439. The lowest BCUT2D eigenvalue weighted by Crippen LogP contribution is -2.27. The van der Waals surface area contributed by atoms with Crippen LogP contribution in [-0.2, 0) is 19.1 Å². The van der Waals surface area contributed by atoms with Crippen molar-refractivity contribution in [2.45, 2.75) is 227 Å². The van der Waals surface area contributed by atoms with Crippen LogP contribution >= 0.6 is 0 Å². The molecule has 1 N–H and O–H groups in total. The second-order valence-electron chi connectivity index (χ2n) is 15.5. The summed E-state index contributed by atoms with van der Waals surface area (Å²) < 4.78 is 11.2. The van der Waals surface area contributed by atoms with Crippen LogP contribution in [0, 0.1) is 10.8 Å². The van der Waals surface area contributed by atoms with Crippen molar-refractivity contribution in [3.8, 4) is 0 Å². The van der Waals surface area contributed by atoms with E-state index in [1.54, 1.807) is 0 Å². The van der Waals surface area contributed by atoms with Crippen molar-refractivity contribution in [3.63, 3.8) is 0 Å². The molecule has 0 bridgehead atoms. The molecule has 274 valence electrons. The van der Waals surface area contributed by atoms with Gasteiger partial charge in [0.2, 0.25) is 0 Å². The number of hydrogen-bond donors (Lipinski definition) is 1. The molecule has 0 unspecified atom stereocenters. The van der Waals surface area contributed by atoms with Gasteiger partial charge in [0, 0.05) is 0 Å². The monoisotopic (exact) mass is 653 g/mol. The number of esters is 2. The molecule has 0 aliphatic heterocycles. The fourth-order valence-corrected chi connectivity index (χ4v) is 6.14. The lowest BCUT2D eigenvalue weighted by atomic mass is 9.86. The van der Waals surface area contributed by atoms with Crippen LogP contribution in [0.15, 0.2) is 0 Å². The Balaban J connectivity index is 3.76. The van der Waals surface area contributed by atoms with Gasteiger partial charge in [-0.1, -0.05) is 155 Å². The highest BCUT2D eigenvalue weighted by molar-refractivity contribution is 5.76. The third kappa shape index (κ3) is 26.9. The average Bonchev–Trinajstić information content (AvgIpc) is 3.02. The van der Waals surface area contributed by atoms with E-state index in [-0.39, 0.29) is 18.0 Å². The van der Waals surface area contributed by atoms with E-state index in [4.69, 9.17) is 9.47 Å². The minimum Gasteiger partial charge on any atom is -0.465 e. The molecule has 46 heavy (non-hydrogen) atoms. The van der Waals surface area contributed by atoms with Gasteiger partial charge in [-0.25, -0.2) is 0 Å². The maximum absolute atomic E-state index is 12.6. The first kappa shape index (κ1) is 44.9. The molecule has 0 aromatic rings. The summed E-state index contributed by atoms with van der Waals surface area (Å²) in [5, 5.41) is 10.4. The maximum atomic E-state index is 12.6. The lowest BCUT2D eigenvalue weighted by Gasteiger charge is -2.23. The van der Waals surface area contributed by atoms with Crippen LogP contribution in [0.25, 0.3) is 0 Å². The van der Waals surface area contributed by atoms with Crippen molar-refractivity contribution in [1.29, 1.82) is 0 Å². The van der Waals surface area contributed by atoms with E-state index in [0.717, 1.165) is 89.9 Å². The molecular formula is C41H80O5. The van der Waals surface area contributed by atoms with Gasteiger partial charge in [0.15, 0.2) is 0 Å². The second-order valence-corrected chi connectivity index (χ2v) is 15.5. The molecule has 0 aromatic heterocycles. The topological polar surface area (TPSA) is 72.8 Å². The zero-order valence-electron chi connectivity index (χ0n) is 31.9. The molecule has 5 heteroatoms. The molecule has 0 radical (unpaired) electrons. The van der Waals surface area contributed by atoms with Crippen molar-refractivity contribution >= 4 is 11.9 Å². The van der Waals surface area contributed by atoms with E-state index in [1.807, 2.05) is 27.7 Å². The highest BCUT2D eigenvalue weighted by Gasteiger charge is 2.29. The Morgan fingerprint density at radius 2 is 0.739 bits per heavy atom. The molecule has 0 spiro atoms. The first-order valence-electron chi connectivity index (χ1n) is 20.1. The molecule has 0 saturated carbocycles. The van der Waals surface area contributed by atoms with E-state index in [9.17, 15) is 14.7 Å². The Morgan fingerprint density at radius 1 is 0.457 bits per heavy atom. The first-order valence-corrected chi connectivity index (χ1v) is 20.1. The van der Waals surface area contributed by atoms with Gasteiger partial charge in [-0.05, 0) is 66.2 Å². The van der Waals surface area contributed by atoms with Gasteiger partial charge < -0.3 is 14.6 Å². The summed E-state index contributed by atoms with van der Waals surface area (Å²) in [6.45, 7) is 13.6. The fraction of sp³-hybridized carbons (Fsp3) is 0.951. The SMILES string of the molecule is CCCCCCCCCCCOC(=O)C(C)(C)CCCCCC(O)CCCCCC(C)(C)C(=O)OCCCCCCCCCCC. The number of carbonyl (C=O) groups excluding carboxylic acids is 2. The average molecular weight is 653 g/mol. The van der Waals surface area contributed by atoms with Gasteiger partial charge in [-0.15, -0.1) is 0 Å². The number of aliphatic hydroxyl groups excluding tert-OH is 1. The summed E-state index contributed by atoms with van der Waals surface area (Å²) in [5.41, 5.74) is -0.878. The van der Waals surface area contributed by atoms with Gasteiger partial charge in [-0.2, -0.15) is 0 Å². The molecule has 5 nitrogen and oxygen atoms in total. The number of aliphatic hydroxyl groups is 1. The predicted octanol–water partition coefficient (Wildman–Crippen LogP) is 12.4. The summed E-state index contributed by atoms with van der Waals surface area (Å²) in [4.78, 5) is 25.2. The number of hydrogen-bond acceptors (Lipinski definition) is 5. The highest BCUT2D eigenvalue weighted by atomic mass is 16.5. The Labute approximate surface area is 287 Å². The first-order chi connectivity index (χ1) is 22.1. The highest BCUT2D eigenvalue weighted by Crippen LogP contribution is 2.28. The summed E-state index contributed by atoms with van der Waals surface area (Å²) in [7, 11) is 0. The maximum Gasteiger partial charge on any atom is 0.311 e.